The van der Waals surface area contributed by atoms with Crippen molar-refractivity contribution in [3.05, 3.63) is 66.2 Å². The van der Waals surface area contributed by atoms with Gasteiger partial charge in [-0.15, -0.1) is 0 Å². The molecule has 0 saturated carbocycles. The molecule has 2 heterocycles. The van der Waals surface area contributed by atoms with Crippen molar-refractivity contribution in [1.82, 2.24) is 4.90 Å². The highest BCUT2D eigenvalue weighted by Crippen LogP contribution is 2.41. The zero-order valence-corrected chi connectivity index (χ0v) is 15.6. The van der Waals surface area contributed by atoms with Crippen LogP contribution in [0.15, 0.2) is 60.7 Å². The van der Waals surface area contributed by atoms with Crippen LogP contribution in [0.5, 0.6) is 0 Å². The van der Waals surface area contributed by atoms with Gasteiger partial charge in [-0.3, -0.25) is 19.3 Å². The molecule has 0 N–H and O–H groups in total. The molecule has 2 aromatic carbocycles. The maximum absolute atomic E-state index is 13.2. The van der Waals surface area contributed by atoms with E-state index in [1.807, 2.05) is 60.7 Å². The Hall–Kier alpha value is -2.66. The van der Waals surface area contributed by atoms with Crippen LogP contribution >= 0.6 is 0 Å². The standard InChI is InChI=1S/C22H24N2O3/c1-15(2)13-18-19-20(27-24(18)17-11-7-4-8-12-17)22(26)23(21(19)25)14-16-9-5-3-6-10-16/h3-12,15,18-20H,13-14H2,1-2H3/t18-,19-,20-/m0/s1. The first-order chi connectivity index (χ1) is 13.1. The molecule has 140 valence electrons. The normalized spacial score (nSPS) is 24.8. The summed E-state index contributed by atoms with van der Waals surface area (Å²) < 4.78 is 0. The molecule has 2 amide bonds. The van der Waals surface area contributed by atoms with E-state index in [-0.39, 0.29) is 17.9 Å². The Bertz CT molecular complexity index is 822. The lowest BCUT2D eigenvalue weighted by Crippen LogP contribution is -2.40. The highest BCUT2D eigenvalue weighted by atomic mass is 16.7. The van der Waals surface area contributed by atoms with Crippen LogP contribution in [0.2, 0.25) is 0 Å². The molecule has 2 saturated heterocycles. The first-order valence-electron chi connectivity index (χ1n) is 9.46. The molecule has 0 unspecified atom stereocenters. The minimum absolute atomic E-state index is 0.127. The Morgan fingerprint density at radius 1 is 0.926 bits per heavy atom. The topological polar surface area (TPSA) is 49.9 Å². The molecule has 4 rings (SSSR count). The maximum Gasteiger partial charge on any atom is 0.262 e. The predicted octanol–water partition coefficient (Wildman–Crippen LogP) is 3.41. The minimum Gasteiger partial charge on any atom is -0.275 e. The van der Waals surface area contributed by atoms with Crippen molar-refractivity contribution in [2.45, 2.75) is 39.0 Å². The van der Waals surface area contributed by atoms with Crippen LogP contribution in [-0.4, -0.2) is 28.9 Å². The number of fused-ring (bicyclic) bond motifs is 1. The van der Waals surface area contributed by atoms with Crippen LogP contribution in [0, 0.1) is 11.8 Å². The molecule has 3 atom stereocenters. The van der Waals surface area contributed by atoms with Gasteiger partial charge >= 0.3 is 0 Å². The number of para-hydroxylation sites is 1. The van der Waals surface area contributed by atoms with Gasteiger partial charge in [0.1, 0.15) is 0 Å². The average Bonchev–Trinajstić information content (AvgIpc) is 3.15. The number of rotatable bonds is 5. The van der Waals surface area contributed by atoms with Gasteiger partial charge in [-0.25, -0.2) is 5.06 Å². The number of nitrogens with zero attached hydrogens (tertiary/aromatic N) is 2. The summed E-state index contributed by atoms with van der Waals surface area (Å²) in [4.78, 5) is 33.6. The number of benzene rings is 2. The van der Waals surface area contributed by atoms with Gasteiger partial charge in [0.15, 0.2) is 6.10 Å². The number of likely N-dealkylation sites (tertiary alicyclic amines) is 1. The summed E-state index contributed by atoms with van der Waals surface area (Å²) in [7, 11) is 0. The lowest BCUT2D eigenvalue weighted by Gasteiger charge is -2.29. The largest absolute Gasteiger partial charge is 0.275 e. The number of anilines is 1. The molecule has 5 heteroatoms. The van der Waals surface area contributed by atoms with Gasteiger partial charge in [0.05, 0.1) is 24.2 Å². The zero-order chi connectivity index (χ0) is 19.0. The number of carbonyl (C=O) groups excluding carboxylic acids is 2. The highest BCUT2D eigenvalue weighted by molar-refractivity contribution is 6.07. The van der Waals surface area contributed by atoms with Gasteiger partial charge in [-0.05, 0) is 30.0 Å². The Labute approximate surface area is 159 Å². The van der Waals surface area contributed by atoms with Crippen molar-refractivity contribution in [1.29, 1.82) is 0 Å². The summed E-state index contributed by atoms with van der Waals surface area (Å²) in [6, 6.07) is 19.2. The fraction of sp³-hybridized carbons (Fsp3) is 0.364. The van der Waals surface area contributed by atoms with Crippen LogP contribution in [0.3, 0.4) is 0 Å². The second-order valence-electron chi connectivity index (χ2n) is 7.66. The molecular formula is C22H24N2O3. The van der Waals surface area contributed by atoms with Crippen molar-refractivity contribution >= 4 is 17.5 Å². The third-order valence-electron chi connectivity index (χ3n) is 5.24. The van der Waals surface area contributed by atoms with Crippen LogP contribution < -0.4 is 5.06 Å². The first kappa shape index (κ1) is 17.7. The Morgan fingerprint density at radius 3 is 2.19 bits per heavy atom. The quantitative estimate of drug-likeness (QED) is 0.763. The summed E-state index contributed by atoms with van der Waals surface area (Å²) in [6.07, 6.45) is 0.0546. The number of hydroxylamine groups is 1. The molecule has 5 nitrogen and oxygen atoms in total. The van der Waals surface area contributed by atoms with Gasteiger partial charge < -0.3 is 0 Å². The van der Waals surface area contributed by atoms with E-state index in [4.69, 9.17) is 4.84 Å². The van der Waals surface area contributed by atoms with Crippen LogP contribution in [0.4, 0.5) is 5.69 Å². The molecular weight excluding hydrogens is 340 g/mol. The summed E-state index contributed by atoms with van der Waals surface area (Å²) >= 11 is 0. The van der Waals surface area contributed by atoms with Crippen molar-refractivity contribution < 1.29 is 14.4 Å². The van der Waals surface area contributed by atoms with Crippen LogP contribution in [0.25, 0.3) is 0 Å². The number of amides is 2. The molecule has 0 bridgehead atoms. The molecule has 0 spiro atoms. The van der Waals surface area contributed by atoms with E-state index in [0.717, 1.165) is 17.7 Å². The van der Waals surface area contributed by atoms with Crippen molar-refractivity contribution in [2.75, 3.05) is 5.06 Å². The van der Waals surface area contributed by atoms with Crippen molar-refractivity contribution in [3.63, 3.8) is 0 Å². The second-order valence-corrected chi connectivity index (χ2v) is 7.66. The molecule has 2 aromatic rings. The molecule has 2 fully saturated rings. The van der Waals surface area contributed by atoms with E-state index in [1.54, 1.807) is 5.06 Å². The molecule has 2 aliphatic heterocycles. The van der Waals surface area contributed by atoms with Crippen molar-refractivity contribution in [3.8, 4) is 0 Å². The number of carbonyl (C=O) groups is 2. The first-order valence-corrected chi connectivity index (χ1v) is 9.46. The Kier molecular flexibility index (Phi) is 4.70. The van der Waals surface area contributed by atoms with Crippen molar-refractivity contribution in [2.24, 2.45) is 11.8 Å². The van der Waals surface area contributed by atoms with Gasteiger partial charge in [0, 0.05) is 0 Å². The second kappa shape index (κ2) is 7.16. The summed E-state index contributed by atoms with van der Waals surface area (Å²) in [5, 5.41) is 1.78. The number of hydrogen-bond donors (Lipinski definition) is 0. The number of imide groups is 1. The van der Waals surface area contributed by atoms with E-state index in [2.05, 4.69) is 13.8 Å². The predicted molar refractivity (Wildman–Crippen MR) is 103 cm³/mol. The molecule has 27 heavy (non-hydrogen) atoms. The molecule has 0 aliphatic carbocycles. The van der Waals surface area contributed by atoms with Gasteiger partial charge in [-0.2, -0.15) is 0 Å². The molecule has 0 aromatic heterocycles. The van der Waals surface area contributed by atoms with E-state index < -0.39 is 12.0 Å². The van der Waals surface area contributed by atoms with E-state index >= 15 is 0 Å². The summed E-state index contributed by atoms with van der Waals surface area (Å²) in [5.74, 6) is -0.433. The Morgan fingerprint density at radius 2 is 1.56 bits per heavy atom. The average molecular weight is 364 g/mol. The molecule has 0 radical (unpaired) electrons. The lowest BCUT2D eigenvalue weighted by molar-refractivity contribution is -0.143. The fourth-order valence-electron chi connectivity index (χ4n) is 4.02. The van der Waals surface area contributed by atoms with Gasteiger partial charge in [0.2, 0.25) is 5.91 Å². The SMILES string of the molecule is CC(C)C[C@H]1[C@@H]2C(=O)N(Cc3ccccc3)C(=O)[C@H]2ON1c1ccccc1. The van der Waals surface area contributed by atoms with E-state index in [1.165, 1.54) is 4.90 Å². The lowest BCUT2D eigenvalue weighted by atomic mass is 9.90. The maximum atomic E-state index is 13.2. The fourth-order valence-corrected chi connectivity index (χ4v) is 4.02. The molecule has 2 aliphatic rings. The summed E-state index contributed by atoms with van der Waals surface area (Å²) in [6.45, 7) is 4.55. The summed E-state index contributed by atoms with van der Waals surface area (Å²) in [5.41, 5.74) is 1.83. The van der Waals surface area contributed by atoms with Crippen LogP contribution in [0.1, 0.15) is 25.8 Å². The van der Waals surface area contributed by atoms with Crippen LogP contribution in [-0.2, 0) is 21.0 Å². The monoisotopic (exact) mass is 364 g/mol. The number of hydrogen-bond acceptors (Lipinski definition) is 4. The smallest absolute Gasteiger partial charge is 0.262 e. The third-order valence-corrected chi connectivity index (χ3v) is 5.24. The Balaban J connectivity index is 1.62. The highest BCUT2D eigenvalue weighted by Gasteiger charge is 2.59. The van der Waals surface area contributed by atoms with Gasteiger partial charge in [0.25, 0.3) is 5.91 Å². The van der Waals surface area contributed by atoms with Gasteiger partial charge in [-0.1, -0.05) is 62.4 Å². The van der Waals surface area contributed by atoms with E-state index in [9.17, 15) is 9.59 Å². The van der Waals surface area contributed by atoms with E-state index in [0.29, 0.717) is 12.5 Å². The zero-order valence-electron chi connectivity index (χ0n) is 15.6. The third kappa shape index (κ3) is 3.23. The minimum atomic E-state index is -0.731.